The van der Waals surface area contributed by atoms with E-state index in [9.17, 15) is 9.66 Å². The van der Waals surface area contributed by atoms with Gasteiger partial charge in [0.25, 0.3) is 0 Å². The number of aliphatic hydroxyl groups is 1. The lowest BCUT2D eigenvalue weighted by atomic mass is 10.0. The minimum atomic E-state index is -0.781. The lowest BCUT2D eigenvalue weighted by molar-refractivity contribution is 0.177. The molecule has 2 atom stereocenters. The summed E-state index contributed by atoms with van der Waals surface area (Å²) in [4.78, 5) is 7.92. The third kappa shape index (κ3) is 5.50. The van der Waals surface area contributed by atoms with Crippen molar-refractivity contribution in [3.8, 4) is 22.3 Å². The lowest BCUT2D eigenvalue weighted by Gasteiger charge is -2.14. The van der Waals surface area contributed by atoms with Crippen LogP contribution in [0, 0.1) is 0 Å². The van der Waals surface area contributed by atoms with Gasteiger partial charge in [-0.3, -0.25) is 0 Å². The third-order valence-corrected chi connectivity index (χ3v) is 7.03. The normalized spacial score (nSPS) is 16.9. The van der Waals surface area contributed by atoms with Gasteiger partial charge in [0.05, 0.1) is 12.3 Å². The first-order valence-corrected chi connectivity index (χ1v) is 13.4. The van der Waals surface area contributed by atoms with Crippen molar-refractivity contribution in [1.29, 1.82) is 0 Å². The number of β-amino-alcohol motifs (C(OH)–C–C–N with tert-alkyl or cyclic N) is 1. The Morgan fingerprint density at radius 1 is 1.03 bits per heavy atom. The number of hydrogen-bond acceptors (Lipinski definition) is 5. The molecule has 178 valence electrons. The van der Waals surface area contributed by atoms with Gasteiger partial charge in [0.15, 0.2) is 21.7 Å². The Bertz CT molecular complexity index is 1220. The van der Waals surface area contributed by atoms with Crippen LogP contribution < -0.4 is 0 Å². The second kappa shape index (κ2) is 11.1. The summed E-state index contributed by atoms with van der Waals surface area (Å²) in [7, 11) is 0. The average molecular weight is 478 g/mol. The molecule has 2 unspecified atom stereocenters. The minimum absolute atomic E-state index is 0.162. The first-order chi connectivity index (χ1) is 16.6. The van der Waals surface area contributed by atoms with E-state index in [2.05, 4.69) is 34.3 Å². The second-order valence-electron chi connectivity index (χ2n) is 8.36. The van der Waals surface area contributed by atoms with Gasteiger partial charge in [-0.05, 0) is 35.6 Å². The van der Waals surface area contributed by atoms with Crippen LogP contribution >= 0.6 is 0 Å². The summed E-state index contributed by atoms with van der Waals surface area (Å²) in [6.07, 6.45) is 9.23. The van der Waals surface area contributed by atoms with Gasteiger partial charge in [0.2, 0.25) is 0 Å². The molecule has 2 N–H and O–H groups in total. The van der Waals surface area contributed by atoms with E-state index >= 15 is 0 Å². The van der Waals surface area contributed by atoms with Crippen molar-refractivity contribution in [1.82, 2.24) is 19.5 Å². The fourth-order valence-electron chi connectivity index (χ4n) is 4.24. The molecule has 1 saturated heterocycles. The van der Waals surface area contributed by atoms with E-state index in [1.165, 1.54) is 5.56 Å². The van der Waals surface area contributed by atoms with Crippen molar-refractivity contribution in [2.24, 2.45) is 0 Å². The van der Waals surface area contributed by atoms with Gasteiger partial charge in [-0.15, -0.1) is 0 Å². The largest absolute Gasteiger partial charge is 0.392 e. The number of nitrogens with zero attached hydrogens (tertiary/aromatic N) is 4. The Morgan fingerprint density at radius 3 is 2.53 bits per heavy atom. The third-order valence-electron chi connectivity index (χ3n) is 6.09. The van der Waals surface area contributed by atoms with Crippen LogP contribution in [0.15, 0.2) is 72.0 Å². The second-order valence-corrected chi connectivity index (χ2v) is 9.79. The van der Waals surface area contributed by atoms with E-state index in [-0.39, 0.29) is 6.10 Å². The van der Waals surface area contributed by atoms with Crippen LogP contribution in [0.4, 0.5) is 0 Å². The molecular formula is C27H33N4O2S+. The highest BCUT2D eigenvalue weighted by atomic mass is 32.2. The van der Waals surface area contributed by atoms with E-state index in [0.717, 1.165) is 65.3 Å². The van der Waals surface area contributed by atoms with Gasteiger partial charge in [0.1, 0.15) is 6.26 Å². The van der Waals surface area contributed by atoms with E-state index in [0.29, 0.717) is 0 Å². The Kier molecular flexibility index (Phi) is 8.00. The van der Waals surface area contributed by atoms with E-state index in [4.69, 9.17) is 4.98 Å². The van der Waals surface area contributed by atoms with Crippen molar-refractivity contribution in [2.45, 2.75) is 37.7 Å². The summed E-state index contributed by atoms with van der Waals surface area (Å²) in [5.74, 6) is 0. The molecule has 0 radical (unpaired) electrons. The highest BCUT2D eigenvalue weighted by molar-refractivity contribution is 7.90. The highest BCUT2D eigenvalue weighted by Crippen LogP contribution is 2.27. The monoisotopic (exact) mass is 477 g/mol. The maximum atomic E-state index is 9.92. The molecule has 6 nitrogen and oxygen atoms in total. The van der Waals surface area contributed by atoms with Gasteiger partial charge in [0, 0.05) is 49.2 Å². The Labute approximate surface area is 204 Å². The maximum Gasteiger partial charge on any atom is 0.190 e. The number of benzene rings is 2. The molecule has 5 rings (SSSR count). The number of rotatable bonds is 6. The van der Waals surface area contributed by atoms with Gasteiger partial charge in [-0.2, -0.15) is 9.65 Å². The van der Waals surface area contributed by atoms with E-state index in [1.54, 1.807) is 6.26 Å². The number of likely N-dealkylation sites (tertiary alicyclic amines) is 1. The molecule has 1 aliphatic rings. The minimum Gasteiger partial charge on any atom is -0.392 e. The molecule has 1 aliphatic heterocycles. The molecule has 34 heavy (non-hydrogen) atoms. The standard InChI is InChI=1S/C25H27N4O2S.C2H6/c1-32(31)23-4-2-3-20(13-23)24-15-27-29-16-21(14-26-25(24)29)19-7-5-18(6-8-19)9-11-28-12-10-22(30)17-28;1-2/h2-8,13-16,22,30-31H,9-12,17H2,1H3;1-2H3/q+1;. The summed E-state index contributed by atoms with van der Waals surface area (Å²) < 4.78 is 11.7. The van der Waals surface area contributed by atoms with Gasteiger partial charge in [-0.25, -0.2) is 9.50 Å². The van der Waals surface area contributed by atoms with Gasteiger partial charge < -0.3 is 10.0 Å². The van der Waals surface area contributed by atoms with Crippen molar-refractivity contribution in [3.63, 3.8) is 0 Å². The van der Waals surface area contributed by atoms with Crippen molar-refractivity contribution < 1.29 is 9.66 Å². The topological polar surface area (TPSA) is 73.9 Å². The summed E-state index contributed by atoms with van der Waals surface area (Å²) >= 11 is -0.781. The van der Waals surface area contributed by atoms with Crippen LogP contribution in [0.5, 0.6) is 0 Å². The summed E-state index contributed by atoms with van der Waals surface area (Å²) in [6, 6.07) is 16.5. The first kappa shape index (κ1) is 24.4. The smallest absolute Gasteiger partial charge is 0.190 e. The van der Waals surface area contributed by atoms with Crippen molar-refractivity contribution in [3.05, 3.63) is 72.7 Å². The number of hydrogen-bond donors (Lipinski definition) is 2. The molecule has 0 amide bonds. The van der Waals surface area contributed by atoms with Crippen molar-refractivity contribution >= 4 is 16.8 Å². The molecule has 0 bridgehead atoms. The van der Waals surface area contributed by atoms with Gasteiger partial charge in [-0.1, -0.05) is 50.2 Å². The predicted molar refractivity (Wildman–Crippen MR) is 140 cm³/mol. The van der Waals surface area contributed by atoms with Crippen LogP contribution in [-0.4, -0.2) is 61.2 Å². The molecule has 0 aliphatic carbocycles. The van der Waals surface area contributed by atoms with Crippen LogP contribution in [0.3, 0.4) is 0 Å². The Balaban J connectivity index is 0.00000133. The summed E-state index contributed by atoms with van der Waals surface area (Å²) in [6.45, 7) is 6.76. The zero-order chi connectivity index (χ0) is 24.1. The first-order valence-electron chi connectivity index (χ1n) is 11.9. The Morgan fingerprint density at radius 2 is 1.82 bits per heavy atom. The molecule has 0 spiro atoms. The molecule has 3 heterocycles. The average Bonchev–Trinajstić information content (AvgIpc) is 3.50. The van der Waals surface area contributed by atoms with Crippen LogP contribution in [0.1, 0.15) is 25.8 Å². The molecule has 2 aromatic heterocycles. The SMILES string of the molecule is CC.C[S+](O)c1cccc(-c2cnn3cc(-c4ccc(CCN5CCC(O)C5)cc4)cnc23)c1. The summed E-state index contributed by atoms with van der Waals surface area (Å²) in [5, 5.41) is 14.2. The number of aliphatic hydroxyl groups excluding tert-OH is 1. The fraction of sp³-hybridized carbons (Fsp3) is 0.333. The lowest BCUT2D eigenvalue weighted by Crippen LogP contribution is -2.24. The maximum absolute atomic E-state index is 9.92. The number of fused-ring (bicyclic) bond motifs is 1. The molecular weight excluding hydrogens is 444 g/mol. The number of aromatic nitrogens is 3. The van der Waals surface area contributed by atoms with Crippen LogP contribution in [0.2, 0.25) is 0 Å². The predicted octanol–water partition coefficient (Wildman–Crippen LogP) is 4.78. The Hall–Kier alpha value is -2.71. The quantitative estimate of drug-likeness (QED) is 0.391. The molecule has 2 aromatic carbocycles. The van der Waals surface area contributed by atoms with Crippen LogP contribution in [-0.2, 0) is 17.6 Å². The highest BCUT2D eigenvalue weighted by Gasteiger charge is 2.19. The van der Waals surface area contributed by atoms with Crippen LogP contribution in [0.25, 0.3) is 27.9 Å². The molecule has 1 fully saturated rings. The van der Waals surface area contributed by atoms with E-state index in [1.807, 2.05) is 61.2 Å². The van der Waals surface area contributed by atoms with Gasteiger partial charge >= 0.3 is 0 Å². The molecule has 7 heteroatoms. The molecule has 0 saturated carbocycles. The van der Waals surface area contributed by atoms with Crippen molar-refractivity contribution in [2.75, 3.05) is 25.9 Å². The fourth-order valence-corrected chi connectivity index (χ4v) is 4.81. The zero-order valence-corrected chi connectivity index (χ0v) is 20.9. The molecule has 4 aromatic rings. The zero-order valence-electron chi connectivity index (χ0n) is 20.1. The summed E-state index contributed by atoms with van der Waals surface area (Å²) in [5.41, 5.74) is 6.16. The van der Waals surface area contributed by atoms with E-state index < -0.39 is 11.2 Å².